The number of anilines is 1. The average molecular weight is 340 g/mol. The van der Waals surface area contributed by atoms with Gasteiger partial charge in [0.2, 0.25) is 5.91 Å². The van der Waals surface area contributed by atoms with Gasteiger partial charge in [-0.25, -0.2) is 0 Å². The molecule has 1 aliphatic rings. The van der Waals surface area contributed by atoms with Gasteiger partial charge in [-0.15, -0.1) is 0 Å². The molecule has 4 nitrogen and oxygen atoms in total. The number of halogens is 1. The number of hydrogen-bond acceptors (Lipinski definition) is 3. The summed E-state index contributed by atoms with van der Waals surface area (Å²) in [6.45, 7) is 4.20. The number of carbonyl (C=O) groups excluding carboxylic acids is 1. The molecule has 1 aliphatic heterocycles. The number of nitrogens with two attached hydrogens (primary N) is 1. The second-order valence-electron chi connectivity index (χ2n) is 5.42. The van der Waals surface area contributed by atoms with Crippen molar-refractivity contribution < 1.29 is 4.79 Å². The summed E-state index contributed by atoms with van der Waals surface area (Å²) in [7, 11) is 0. The Morgan fingerprint density at radius 2 is 2.25 bits per heavy atom. The van der Waals surface area contributed by atoms with Crippen LogP contribution in [0.2, 0.25) is 0 Å². The Balaban J connectivity index is 1.95. The molecule has 2 unspecified atom stereocenters. The molecule has 1 heterocycles. The van der Waals surface area contributed by atoms with E-state index in [0.29, 0.717) is 25.0 Å². The van der Waals surface area contributed by atoms with Crippen LogP contribution < -0.4 is 11.1 Å². The Kier molecular flexibility index (Phi) is 5.57. The van der Waals surface area contributed by atoms with Gasteiger partial charge in [-0.1, -0.05) is 19.1 Å². The maximum absolute atomic E-state index is 12.2. The van der Waals surface area contributed by atoms with Gasteiger partial charge in [-0.05, 0) is 53.4 Å². The Hall–Kier alpha value is -0.910. The number of nitrogens with one attached hydrogen (secondary N) is 1. The summed E-state index contributed by atoms with van der Waals surface area (Å²) >= 11 is 3.44. The first-order valence-electron chi connectivity index (χ1n) is 7.10. The molecule has 2 atom stereocenters. The van der Waals surface area contributed by atoms with Crippen LogP contribution in [0.3, 0.4) is 0 Å². The number of amides is 1. The fourth-order valence-corrected chi connectivity index (χ4v) is 3.23. The highest BCUT2D eigenvalue weighted by molar-refractivity contribution is 9.10. The van der Waals surface area contributed by atoms with Gasteiger partial charge in [-0.2, -0.15) is 0 Å². The lowest BCUT2D eigenvalue weighted by Gasteiger charge is -2.38. The molecule has 5 heteroatoms. The summed E-state index contributed by atoms with van der Waals surface area (Å²) in [4.78, 5) is 14.4. The van der Waals surface area contributed by atoms with Crippen molar-refractivity contribution in [1.82, 2.24) is 4.90 Å². The smallest absolute Gasteiger partial charge is 0.238 e. The van der Waals surface area contributed by atoms with Gasteiger partial charge >= 0.3 is 0 Å². The summed E-state index contributed by atoms with van der Waals surface area (Å²) in [5.74, 6) is 0.578. The Morgan fingerprint density at radius 3 is 2.95 bits per heavy atom. The van der Waals surface area contributed by atoms with Gasteiger partial charge in [0, 0.05) is 17.1 Å². The lowest BCUT2D eigenvalue weighted by molar-refractivity contribution is -0.118. The van der Waals surface area contributed by atoms with Crippen LogP contribution in [0.15, 0.2) is 28.7 Å². The summed E-state index contributed by atoms with van der Waals surface area (Å²) in [5, 5.41) is 2.95. The van der Waals surface area contributed by atoms with Crippen LogP contribution in [0.5, 0.6) is 0 Å². The molecule has 1 fully saturated rings. The van der Waals surface area contributed by atoms with Crippen molar-refractivity contribution in [3.63, 3.8) is 0 Å². The molecule has 2 rings (SSSR count). The van der Waals surface area contributed by atoms with E-state index < -0.39 is 0 Å². The Morgan fingerprint density at radius 1 is 1.50 bits per heavy atom. The van der Waals surface area contributed by atoms with Crippen molar-refractivity contribution in [3.8, 4) is 0 Å². The van der Waals surface area contributed by atoms with Gasteiger partial charge in [0.15, 0.2) is 0 Å². The third-order valence-electron chi connectivity index (χ3n) is 3.97. The Labute approximate surface area is 128 Å². The second kappa shape index (κ2) is 7.20. The van der Waals surface area contributed by atoms with Crippen molar-refractivity contribution in [2.45, 2.75) is 25.8 Å². The van der Waals surface area contributed by atoms with Crippen LogP contribution in [0.1, 0.15) is 19.8 Å². The highest BCUT2D eigenvalue weighted by atomic mass is 79.9. The zero-order valence-corrected chi connectivity index (χ0v) is 13.4. The van der Waals surface area contributed by atoms with E-state index in [4.69, 9.17) is 5.73 Å². The zero-order chi connectivity index (χ0) is 14.5. The fraction of sp³-hybridized carbons (Fsp3) is 0.533. The van der Waals surface area contributed by atoms with Gasteiger partial charge in [0.1, 0.15) is 0 Å². The minimum atomic E-state index is 0.0180. The monoisotopic (exact) mass is 339 g/mol. The summed E-state index contributed by atoms with van der Waals surface area (Å²) in [6, 6.07) is 7.96. The maximum atomic E-state index is 12.2. The molecule has 3 N–H and O–H groups in total. The largest absolute Gasteiger partial charge is 0.329 e. The standard InChI is InChI=1S/C15H22BrN3O/c1-11-5-4-8-19(14(11)9-17)10-15(20)18-13-7-3-2-6-12(13)16/h2-3,6-7,11,14H,4-5,8-10,17H2,1H3,(H,18,20). The van der Waals surface area contributed by atoms with Crippen LogP contribution in [0.25, 0.3) is 0 Å². The van der Waals surface area contributed by atoms with Crippen molar-refractivity contribution in [3.05, 3.63) is 28.7 Å². The van der Waals surface area contributed by atoms with Gasteiger partial charge in [-0.3, -0.25) is 9.69 Å². The van der Waals surface area contributed by atoms with Crippen LogP contribution in [-0.4, -0.2) is 36.5 Å². The second-order valence-corrected chi connectivity index (χ2v) is 6.28. The normalized spacial score (nSPS) is 23.6. The van der Waals surface area contributed by atoms with Crippen LogP contribution >= 0.6 is 15.9 Å². The predicted octanol–water partition coefficient (Wildman–Crippen LogP) is 2.45. The first kappa shape index (κ1) is 15.5. The minimum absolute atomic E-state index is 0.0180. The van der Waals surface area contributed by atoms with Gasteiger partial charge in [0.25, 0.3) is 0 Å². The average Bonchev–Trinajstić information content (AvgIpc) is 2.42. The van der Waals surface area contributed by atoms with Crippen LogP contribution in [0.4, 0.5) is 5.69 Å². The van der Waals surface area contributed by atoms with Crippen molar-refractivity contribution >= 4 is 27.5 Å². The first-order chi connectivity index (χ1) is 9.61. The number of nitrogens with zero attached hydrogens (tertiary/aromatic N) is 1. The number of likely N-dealkylation sites (tertiary alicyclic amines) is 1. The molecular weight excluding hydrogens is 318 g/mol. The summed E-state index contributed by atoms with van der Waals surface area (Å²) < 4.78 is 0.899. The lowest BCUT2D eigenvalue weighted by atomic mass is 9.91. The fourth-order valence-electron chi connectivity index (χ4n) is 2.85. The molecule has 20 heavy (non-hydrogen) atoms. The van der Waals surface area contributed by atoms with Crippen molar-refractivity contribution in [2.75, 3.05) is 25.0 Å². The third kappa shape index (κ3) is 3.81. The molecule has 0 aromatic heterocycles. The lowest BCUT2D eigenvalue weighted by Crippen LogP contribution is -2.51. The van der Waals surface area contributed by atoms with Gasteiger partial charge < -0.3 is 11.1 Å². The topological polar surface area (TPSA) is 58.4 Å². The molecule has 0 bridgehead atoms. The number of rotatable bonds is 4. The van der Waals surface area contributed by atoms with Crippen molar-refractivity contribution in [1.29, 1.82) is 0 Å². The molecule has 0 aliphatic carbocycles. The van der Waals surface area contributed by atoms with E-state index in [1.54, 1.807) is 0 Å². The highest BCUT2D eigenvalue weighted by Gasteiger charge is 2.28. The van der Waals surface area contributed by atoms with E-state index in [1.165, 1.54) is 6.42 Å². The summed E-state index contributed by atoms with van der Waals surface area (Å²) in [6.07, 6.45) is 2.34. The molecule has 0 spiro atoms. The number of hydrogen-bond donors (Lipinski definition) is 2. The molecule has 0 radical (unpaired) electrons. The van der Waals surface area contributed by atoms with Crippen LogP contribution in [-0.2, 0) is 4.79 Å². The molecular formula is C15H22BrN3O. The molecule has 110 valence electrons. The molecule has 1 aromatic carbocycles. The van der Waals surface area contributed by atoms with E-state index >= 15 is 0 Å². The summed E-state index contributed by atoms with van der Waals surface area (Å²) in [5.41, 5.74) is 6.67. The number of para-hydroxylation sites is 1. The minimum Gasteiger partial charge on any atom is -0.329 e. The van der Waals surface area contributed by atoms with E-state index in [-0.39, 0.29) is 5.91 Å². The maximum Gasteiger partial charge on any atom is 0.238 e. The SMILES string of the molecule is CC1CCCN(CC(=O)Nc2ccccc2Br)C1CN. The highest BCUT2D eigenvalue weighted by Crippen LogP contribution is 2.23. The number of carbonyl (C=O) groups is 1. The van der Waals surface area contributed by atoms with E-state index in [9.17, 15) is 4.79 Å². The predicted molar refractivity (Wildman–Crippen MR) is 85.6 cm³/mol. The molecule has 0 saturated carbocycles. The molecule has 1 amide bonds. The van der Waals surface area contributed by atoms with Crippen molar-refractivity contribution in [2.24, 2.45) is 11.7 Å². The first-order valence-corrected chi connectivity index (χ1v) is 7.89. The zero-order valence-electron chi connectivity index (χ0n) is 11.8. The molecule has 1 saturated heterocycles. The van der Waals surface area contributed by atoms with E-state index in [0.717, 1.165) is 23.1 Å². The Bertz CT molecular complexity index is 466. The molecule has 1 aromatic rings. The van der Waals surface area contributed by atoms with Gasteiger partial charge in [0.05, 0.1) is 12.2 Å². The van der Waals surface area contributed by atoms with E-state index in [2.05, 4.69) is 33.1 Å². The number of piperidine rings is 1. The quantitative estimate of drug-likeness (QED) is 0.885. The van der Waals surface area contributed by atoms with E-state index in [1.807, 2.05) is 24.3 Å². The third-order valence-corrected chi connectivity index (χ3v) is 4.66. The van der Waals surface area contributed by atoms with Crippen LogP contribution in [0, 0.1) is 5.92 Å². The number of benzene rings is 1.